The Morgan fingerprint density at radius 1 is 1.05 bits per heavy atom. The Morgan fingerprint density at radius 3 is 2.37 bits per heavy atom. The van der Waals surface area contributed by atoms with E-state index in [4.69, 9.17) is 5.73 Å². The molecular formula is C16H31N3. The lowest BCUT2D eigenvalue weighted by molar-refractivity contribution is -0.00318. The molecule has 1 aliphatic heterocycles. The fourth-order valence-electron chi connectivity index (χ4n) is 4.50. The van der Waals surface area contributed by atoms with E-state index in [9.17, 15) is 0 Å². The predicted molar refractivity (Wildman–Crippen MR) is 80.2 cm³/mol. The van der Waals surface area contributed by atoms with Crippen LogP contribution in [-0.2, 0) is 0 Å². The van der Waals surface area contributed by atoms with Crippen molar-refractivity contribution in [3.63, 3.8) is 0 Å². The van der Waals surface area contributed by atoms with Crippen LogP contribution in [-0.4, -0.2) is 54.6 Å². The minimum atomic E-state index is 0.353. The van der Waals surface area contributed by atoms with Crippen molar-refractivity contribution in [3.8, 4) is 0 Å². The second-order valence-electron chi connectivity index (χ2n) is 7.04. The molecule has 3 fully saturated rings. The third-order valence-corrected chi connectivity index (χ3v) is 6.02. The van der Waals surface area contributed by atoms with E-state index >= 15 is 0 Å². The van der Waals surface area contributed by atoms with Gasteiger partial charge in [-0.2, -0.15) is 0 Å². The van der Waals surface area contributed by atoms with Crippen molar-refractivity contribution >= 4 is 0 Å². The minimum absolute atomic E-state index is 0.353. The molecule has 0 amide bonds. The zero-order chi connectivity index (χ0) is 13.3. The van der Waals surface area contributed by atoms with Gasteiger partial charge in [0.2, 0.25) is 0 Å². The van der Waals surface area contributed by atoms with Crippen molar-refractivity contribution in [2.75, 3.05) is 39.3 Å². The topological polar surface area (TPSA) is 32.5 Å². The van der Waals surface area contributed by atoms with E-state index in [-0.39, 0.29) is 0 Å². The molecule has 0 aromatic rings. The molecule has 0 bridgehead atoms. The standard InChI is InChI=1S/C16H31N3/c1-2-18-8-10-19(11-9-18)16(13-17)7-3-4-15(12-16)14-5-6-14/h14-15H,2-13,17H2,1H3. The number of hydrogen-bond acceptors (Lipinski definition) is 3. The molecule has 19 heavy (non-hydrogen) atoms. The Kier molecular flexibility index (Phi) is 4.16. The van der Waals surface area contributed by atoms with Gasteiger partial charge < -0.3 is 10.6 Å². The van der Waals surface area contributed by atoms with Crippen LogP contribution >= 0.6 is 0 Å². The van der Waals surface area contributed by atoms with Crippen molar-refractivity contribution in [2.45, 2.75) is 51.0 Å². The molecule has 3 nitrogen and oxygen atoms in total. The van der Waals surface area contributed by atoms with E-state index in [1.165, 1.54) is 71.2 Å². The fraction of sp³-hybridized carbons (Fsp3) is 1.00. The number of hydrogen-bond donors (Lipinski definition) is 1. The average Bonchev–Trinajstić information content (AvgIpc) is 3.32. The van der Waals surface area contributed by atoms with E-state index in [0.717, 1.165) is 18.4 Å². The smallest absolute Gasteiger partial charge is 0.0335 e. The van der Waals surface area contributed by atoms with Crippen LogP contribution in [0.15, 0.2) is 0 Å². The number of likely N-dealkylation sites (N-methyl/N-ethyl adjacent to an activating group) is 1. The van der Waals surface area contributed by atoms with Crippen molar-refractivity contribution < 1.29 is 0 Å². The van der Waals surface area contributed by atoms with Crippen molar-refractivity contribution in [3.05, 3.63) is 0 Å². The molecule has 3 heteroatoms. The molecule has 2 N–H and O–H groups in total. The molecule has 2 unspecified atom stereocenters. The van der Waals surface area contributed by atoms with Gasteiger partial charge in [-0.25, -0.2) is 0 Å². The maximum atomic E-state index is 6.26. The molecule has 0 aromatic carbocycles. The van der Waals surface area contributed by atoms with Crippen LogP contribution in [0.2, 0.25) is 0 Å². The molecule has 3 rings (SSSR count). The van der Waals surface area contributed by atoms with Crippen LogP contribution in [0.5, 0.6) is 0 Å². The number of rotatable bonds is 4. The van der Waals surface area contributed by atoms with Gasteiger partial charge in [0.15, 0.2) is 0 Å². The van der Waals surface area contributed by atoms with Gasteiger partial charge in [0.25, 0.3) is 0 Å². The molecule has 3 aliphatic rings. The van der Waals surface area contributed by atoms with Gasteiger partial charge >= 0.3 is 0 Å². The Morgan fingerprint density at radius 2 is 1.79 bits per heavy atom. The molecule has 0 spiro atoms. The average molecular weight is 265 g/mol. The highest BCUT2D eigenvalue weighted by Crippen LogP contribution is 2.48. The third-order valence-electron chi connectivity index (χ3n) is 6.02. The lowest BCUT2D eigenvalue weighted by atomic mass is 9.72. The first-order chi connectivity index (χ1) is 9.27. The molecule has 2 aliphatic carbocycles. The monoisotopic (exact) mass is 265 g/mol. The molecule has 2 saturated carbocycles. The highest BCUT2D eigenvalue weighted by atomic mass is 15.3. The summed E-state index contributed by atoms with van der Waals surface area (Å²) in [5, 5.41) is 0. The maximum absolute atomic E-state index is 6.26. The summed E-state index contributed by atoms with van der Waals surface area (Å²) in [6.07, 6.45) is 8.61. The first-order valence-corrected chi connectivity index (χ1v) is 8.45. The first-order valence-electron chi connectivity index (χ1n) is 8.45. The summed E-state index contributed by atoms with van der Waals surface area (Å²) in [7, 11) is 0. The van der Waals surface area contributed by atoms with Crippen LogP contribution in [0.25, 0.3) is 0 Å². The molecule has 1 saturated heterocycles. The van der Waals surface area contributed by atoms with Crippen LogP contribution < -0.4 is 5.73 Å². The van der Waals surface area contributed by atoms with E-state index in [1.807, 2.05) is 0 Å². The highest BCUT2D eigenvalue weighted by Gasteiger charge is 2.44. The van der Waals surface area contributed by atoms with Crippen molar-refractivity contribution in [2.24, 2.45) is 17.6 Å². The molecule has 1 heterocycles. The number of nitrogens with two attached hydrogens (primary N) is 1. The van der Waals surface area contributed by atoms with Crippen LogP contribution in [0.3, 0.4) is 0 Å². The van der Waals surface area contributed by atoms with Gasteiger partial charge in [-0.05, 0) is 44.1 Å². The fourth-order valence-corrected chi connectivity index (χ4v) is 4.50. The van der Waals surface area contributed by atoms with Gasteiger partial charge in [-0.15, -0.1) is 0 Å². The Hall–Kier alpha value is -0.120. The molecule has 2 atom stereocenters. The Bertz CT molecular complexity index is 294. The SMILES string of the molecule is CCN1CCN(C2(CN)CCCC(C3CC3)C2)CC1. The van der Waals surface area contributed by atoms with Crippen molar-refractivity contribution in [1.29, 1.82) is 0 Å². The minimum Gasteiger partial charge on any atom is -0.329 e. The van der Waals surface area contributed by atoms with Gasteiger partial charge in [0.1, 0.15) is 0 Å². The van der Waals surface area contributed by atoms with Crippen LogP contribution in [0, 0.1) is 11.8 Å². The summed E-state index contributed by atoms with van der Waals surface area (Å²) >= 11 is 0. The summed E-state index contributed by atoms with van der Waals surface area (Å²) in [4.78, 5) is 5.33. The lowest BCUT2D eigenvalue weighted by Crippen LogP contribution is -2.61. The van der Waals surface area contributed by atoms with Crippen LogP contribution in [0.4, 0.5) is 0 Å². The second-order valence-corrected chi connectivity index (χ2v) is 7.04. The van der Waals surface area contributed by atoms with E-state index in [1.54, 1.807) is 0 Å². The zero-order valence-electron chi connectivity index (χ0n) is 12.6. The Balaban J connectivity index is 1.64. The van der Waals surface area contributed by atoms with Crippen LogP contribution in [0.1, 0.15) is 45.4 Å². The summed E-state index contributed by atoms with van der Waals surface area (Å²) < 4.78 is 0. The summed E-state index contributed by atoms with van der Waals surface area (Å²) in [6.45, 7) is 9.32. The van der Waals surface area contributed by atoms with Gasteiger partial charge in [-0.1, -0.05) is 19.8 Å². The van der Waals surface area contributed by atoms with Gasteiger partial charge in [0, 0.05) is 38.3 Å². The first kappa shape index (κ1) is 13.8. The molecule has 0 aromatic heterocycles. The van der Waals surface area contributed by atoms with E-state index in [0.29, 0.717) is 5.54 Å². The second kappa shape index (κ2) is 5.71. The molecule has 110 valence electrons. The predicted octanol–water partition coefficient (Wildman–Crippen LogP) is 1.92. The number of nitrogens with zero attached hydrogens (tertiary/aromatic N) is 2. The zero-order valence-corrected chi connectivity index (χ0v) is 12.6. The van der Waals surface area contributed by atoms with Crippen molar-refractivity contribution in [1.82, 2.24) is 9.80 Å². The molecule has 0 radical (unpaired) electrons. The van der Waals surface area contributed by atoms with Gasteiger partial charge in [-0.3, -0.25) is 4.90 Å². The lowest BCUT2D eigenvalue weighted by Gasteiger charge is -2.51. The van der Waals surface area contributed by atoms with E-state index in [2.05, 4.69) is 16.7 Å². The molecular weight excluding hydrogens is 234 g/mol. The highest BCUT2D eigenvalue weighted by molar-refractivity contribution is 5.00. The van der Waals surface area contributed by atoms with E-state index < -0.39 is 0 Å². The third kappa shape index (κ3) is 2.84. The quantitative estimate of drug-likeness (QED) is 0.843. The van der Waals surface area contributed by atoms with Gasteiger partial charge in [0.05, 0.1) is 0 Å². The number of piperazine rings is 1. The Labute approximate surface area is 118 Å². The normalized spacial score (nSPS) is 38.5. The largest absolute Gasteiger partial charge is 0.329 e. The maximum Gasteiger partial charge on any atom is 0.0335 e. The summed E-state index contributed by atoms with van der Waals surface area (Å²) in [6, 6.07) is 0. The summed E-state index contributed by atoms with van der Waals surface area (Å²) in [5.74, 6) is 2.05. The summed E-state index contributed by atoms with van der Waals surface area (Å²) in [5.41, 5.74) is 6.62.